The lowest BCUT2D eigenvalue weighted by atomic mass is 10.1. The average molecular weight is 277 g/mol. The maximum atomic E-state index is 13.0. The number of carboxylic acids is 1. The Morgan fingerprint density at radius 2 is 1.70 bits per heavy atom. The summed E-state index contributed by atoms with van der Waals surface area (Å²) in [4.78, 5) is 22.8. The molecule has 0 saturated heterocycles. The van der Waals surface area contributed by atoms with Crippen molar-refractivity contribution in [3.63, 3.8) is 0 Å². The molecule has 0 aromatic heterocycles. The van der Waals surface area contributed by atoms with E-state index >= 15 is 0 Å². The number of carboxylic acid groups (broad SMARTS) is 1. The van der Waals surface area contributed by atoms with E-state index in [0.717, 1.165) is 24.3 Å². The van der Waals surface area contributed by atoms with Crippen LogP contribution >= 0.6 is 0 Å². The van der Waals surface area contributed by atoms with E-state index in [1.165, 1.54) is 18.2 Å². The number of nitrogens with one attached hydrogen (secondary N) is 1. The molecule has 2 N–H and O–H groups in total. The number of amides is 1. The molecule has 0 spiro atoms. The van der Waals surface area contributed by atoms with Crippen molar-refractivity contribution in [3.8, 4) is 0 Å². The summed E-state index contributed by atoms with van der Waals surface area (Å²) in [6.45, 7) is 0. The monoisotopic (exact) mass is 277 g/mol. The van der Waals surface area contributed by atoms with Gasteiger partial charge in [0.1, 0.15) is 11.6 Å². The lowest BCUT2D eigenvalue weighted by Gasteiger charge is -2.08. The molecule has 2 rings (SSSR count). The fraction of sp³-hybridized carbons (Fsp3) is 0. The van der Waals surface area contributed by atoms with Gasteiger partial charge in [-0.25, -0.2) is 13.6 Å². The lowest BCUT2D eigenvalue weighted by molar-refractivity contribution is 0.0697. The first-order chi connectivity index (χ1) is 9.47. The highest BCUT2D eigenvalue weighted by Gasteiger charge is 2.14. The van der Waals surface area contributed by atoms with Crippen LogP contribution < -0.4 is 5.32 Å². The minimum absolute atomic E-state index is 0.0330. The smallest absolute Gasteiger partial charge is 0.337 e. The van der Waals surface area contributed by atoms with E-state index in [4.69, 9.17) is 5.11 Å². The van der Waals surface area contributed by atoms with Crippen LogP contribution in [0.3, 0.4) is 0 Å². The minimum atomic E-state index is -1.38. The predicted molar refractivity (Wildman–Crippen MR) is 67.7 cm³/mol. The van der Waals surface area contributed by atoms with E-state index in [1.807, 2.05) is 0 Å². The van der Waals surface area contributed by atoms with Crippen LogP contribution in [0.15, 0.2) is 42.5 Å². The third kappa shape index (κ3) is 2.97. The molecule has 0 aliphatic heterocycles. The molecule has 2 aromatic carbocycles. The Bertz CT molecular complexity index is 686. The first-order valence-corrected chi connectivity index (χ1v) is 5.57. The minimum Gasteiger partial charge on any atom is -0.478 e. The lowest BCUT2D eigenvalue weighted by Crippen LogP contribution is -2.15. The van der Waals surface area contributed by atoms with Crippen LogP contribution in [0, 0.1) is 11.6 Å². The zero-order valence-electron chi connectivity index (χ0n) is 10.1. The highest BCUT2D eigenvalue weighted by atomic mass is 19.1. The number of aromatic carboxylic acids is 1. The third-order valence-corrected chi connectivity index (χ3v) is 2.55. The normalized spacial score (nSPS) is 10.1. The topological polar surface area (TPSA) is 66.4 Å². The summed E-state index contributed by atoms with van der Waals surface area (Å²) in [7, 11) is 0. The molecule has 0 fully saturated rings. The zero-order chi connectivity index (χ0) is 14.7. The number of benzene rings is 2. The van der Waals surface area contributed by atoms with E-state index in [2.05, 4.69) is 5.32 Å². The van der Waals surface area contributed by atoms with Gasteiger partial charge < -0.3 is 10.4 Å². The molecule has 1 amide bonds. The molecular weight excluding hydrogens is 268 g/mol. The Balaban J connectivity index is 2.30. The molecule has 2 aromatic rings. The molecule has 0 heterocycles. The second-order valence-corrected chi connectivity index (χ2v) is 3.96. The Hall–Kier alpha value is -2.76. The molecule has 20 heavy (non-hydrogen) atoms. The number of carbonyl (C=O) groups is 2. The van der Waals surface area contributed by atoms with Crippen molar-refractivity contribution in [3.05, 3.63) is 65.2 Å². The fourth-order valence-corrected chi connectivity index (χ4v) is 1.63. The maximum absolute atomic E-state index is 13.0. The first kappa shape index (κ1) is 13.7. The number of halogens is 2. The molecule has 0 saturated carbocycles. The number of rotatable bonds is 3. The van der Waals surface area contributed by atoms with Crippen LogP contribution in [-0.4, -0.2) is 17.0 Å². The van der Waals surface area contributed by atoms with Crippen LogP contribution in [0.4, 0.5) is 14.5 Å². The summed E-state index contributed by atoms with van der Waals surface area (Å²) in [6, 6.07) is 7.87. The van der Waals surface area contributed by atoms with E-state index < -0.39 is 23.5 Å². The van der Waals surface area contributed by atoms with Gasteiger partial charge in [0.05, 0.1) is 11.3 Å². The summed E-state index contributed by atoms with van der Waals surface area (Å²) in [5.41, 5.74) is -0.409. The van der Waals surface area contributed by atoms with Gasteiger partial charge in [-0.05, 0) is 36.4 Å². The molecule has 0 aliphatic rings. The molecule has 0 radical (unpaired) electrons. The quantitative estimate of drug-likeness (QED) is 0.906. The second-order valence-electron chi connectivity index (χ2n) is 3.96. The third-order valence-electron chi connectivity index (χ3n) is 2.55. The zero-order valence-corrected chi connectivity index (χ0v) is 10.1. The van der Waals surface area contributed by atoms with Crippen molar-refractivity contribution in [1.29, 1.82) is 0 Å². The van der Waals surface area contributed by atoms with Gasteiger partial charge >= 0.3 is 5.97 Å². The van der Waals surface area contributed by atoms with E-state index in [-0.39, 0.29) is 16.8 Å². The standard InChI is InChI=1S/C14H9F2NO3/c15-9-3-1-2-8(6-9)13(18)17-12-5-4-10(16)7-11(12)14(19)20/h1-7H,(H,17,18)(H,19,20). The summed E-state index contributed by atoms with van der Waals surface area (Å²) in [6.07, 6.45) is 0. The highest BCUT2D eigenvalue weighted by molar-refractivity contribution is 6.07. The molecule has 102 valence electrons. The Morgan fingerprint density at radius 3 is 2.35 bits per heavy atom. The largest absolute Gasteiger partial charge is 0.478 e. The molecule has 0 aliphatic carbocycles. The van der Waals surface area contributed by atoms with Crippen molar-refractivity contribution in [1.82, 2.24) is 0 Å². The Kier molecular flexibility index (Phi) is 3.74. The summed E-state index contributed by atoms with van der Waals surface area (Å²) < 4.78 is 26.0. The SMILES string of the molecule is O=C(Nc1ccc(F)cc1C(=O)O)c1cccc(F)c1. The molecule has 0 unspecified atom stereocenters. The summed E-state index contributed by atoms with van der Waals surface area (Å²) in [5, 5.41) is 11.2. The number of hydrogen-bond acceptors (Lipinski definition) is 2. The van der Waals surface area contributed by atoms with Crippen molar-refractivity contribution >= 4 is 17.6 Å². The number of carbonyl (C=O) groups excluding carboxylic acids is 1. The molecule has 4 nitrogen and oxygen atoms in total. The van der Waals surface area contributed by atoms with Crippen LogP contribution in [0.5, 0.6) is 0 Å². The Morgan fingerprint density at radius 1 is 1.00 bits per heavy atom. The maximum Gasteiger partial charge on any atom is 0.337 e. The van der Waals surface area contributed by atoms with Gasteiger partial charge in [-0.2, -0.15) is 0 Å². The van der Waals surface area contributed by atoms with Crippen LogP contribution in [0.1, 0.15) is 20.7 Å². The fourth-order valence-electron chi connectivity index (χ4n) is 1.63. The second kappa shape index (κ2) is 5.48. The number of anilines is 1. The van der Waals surface area contributed by atoms with Crippen LogP contribution in [-0.2, 0) is 0 Å². The van der Waals surface area contributed by atoms with Crippen molar-refractivity contribution in [2.45, 2.75) is 0 Å². The van der Waals surface area contributed by atoms with Gasteiger partial charge in [0.2, 0.25) is 0 Å². The molecule has 0 atom stereocenters. The van der Waals surface area contributed by atoms with E-state index in [0.29, 0.717) is 0 Å². The van der Waals surface area contributed by atoms with Crippen LogP contribution in [0.2, 0.25) is 0 Å². The molecule has 6 heteroatoms. The van der Waals surface area contributed by atoms with E-state index in [1.54, 1.807) is 0 Å². The number of hydrogen-bond donors (Lipinski definition) is 2. The highest BCUT2D eigenvalue weighted by Crippen LogP contribution is 2.18. The predicted octanol–water partition coefficient (Wildman–Crippen LogP) is 2.92. The van der Waals surface area contributed by atoms with Gasteiger partial charge in [-0.1, -0.05) is 6.07 Å². The first-order valence-electron chi connectivity index (χ1n) is 5.57. The van der Waals surface area contributed by atoms with Gasteiger partial charge in [-0.3, -0.25) is 4.79 Å². The van der Waals surface area contributed by atoms with E-state index in [9.17, 15) is 18.4 Å². The van der Waals surface area contributed by atoms with Crippen molar-refractivity contribution in [2.24, 2.45) is 0 Å². The van der Waals surface area contributed by atoms with Crippen molar-refractivity contribution < 1.29 is 23.5 Å². The van der Waals surface area contributed by atoms with Gasteiger partial charge in [0, 0.05) is 5.56 Å². The summed E-state index contributed by atoms with van der Waals surface area (Å²) in [5.74, 6) is -3.38. The molecule has 0 bridgehead atoms. The summed E-state index contributed by atoms with van der Waals surface area (Å²) >= 11 is 0. The molecular formula is C14H9F2NO3. The van der Waals surface area contributed by atoms with Crippen LogP contribution in [0.25, 0.3) is 0 Å². The van der Waals surface area contributed by atoms with Crippen molar-refractivity contribution in [2.75, 3.05) is 5.32 Å². The van der Waals surface area contributed by atoms with Gasteiger partial charge in [0.15, 0.2) is 0 Å². The van der Waals surface area contributed by atoms with Gasteiger partial charge in [0.25, 0.3) is 5.91 Å². The Labute approximate surface area is 112 Å². The average Bonchev–Trinajstić information content (AvgIpc) is 2.40. The van der Waals surface area contributed by atoms with Gasteiger partial charge in [-0.15, -0.1) is 0 Å².